The third-order valence-electron chi connectivity index (χ3n) is 4.24. The van der Waals surface area contributed by atoms with Crippen LogP contribution in [0.1, 0.15) is 46.4 Å². The largest absolute Gasteiger partial charge is 0.271 e. The molecule has 0 amide bonds. The first-order valence-electron chi connectivity index (χ1n) is 6.99. The van der Waals surface area contributed by atoms with Crippen molar-refractivity contribution < 1.29 is 4.39 Å². The third kappa shape index (κ3) is 2.39. The van der Waals surface area contributed by atoms with Gasteiger partial charge < -0.3 is 0 Å². The van der Waals surface area contributed by atoms with Gasteiger partial charge in [-0.2, -0.15) is 0 Å². The van der Waals surface area contributed by atoms with E-state index in [4.69, 9.17) is 5.84 Å². The maximum atomic E-state index is 13.8. The molecule has 0 saturated carbocycles. The predicted molar refractivity (Wildman–Crippen MR) is 81.2 cm³/mol. The van der Waals surface area contributed by atoms with Crippen molar-refractivity contribution in [1.29, 1.82) is 0 Å². The highest BCUT2D eigenvalue weighted by Gasteiger charge is 2.29. The number of hydrogen-bond donors (Lipinski definition) is 2. The maximum absolute atomic E-state index is 13.8. The SMILES string of the molecule is Cc1ccc(C(NN)C2CCCc3sccc32)cc1F. The zero-order valence-corrected chi connectivity index (χ0v) is 12.3. The molecule has 0 saturated heterocycles. The summed E-state index contributed by atoms with van der Waals surface area (Å²) in [6, 6.07) is 7.58. The average molecular weight is 290 g/mol. The second-order valence-corrected chi connectivity index (χ2v) is 6.45. The van der Waals surface area contributed by atoms with Crippen molar-refractivity contribution in [3.8, 4) is 0 Å². The summed E-state index contributed by atoms with van der Waals surface area (Å²) in [5, 5.41) is 2.15. The first-order chi connectivity index (χ1) is 9.70. The highest BCUT2D eigenvalue weighted by atomic mass is 32.1. The molecule has 0 spiro atoms. The molecule has 0 fully saturated rings. The molecule has 2 nitrogen and oxygen atoms in total. The van der Waals surface area contributed by atoms with Crippen LogP contribution in [0.2, 0.25) is 0 Å². The van der Waals surface area contributed by atoms with Gasteiger partial charge in [-0.15, -0.1) is 11.3 Å². The van der Waals surface area contributed by atoms with E-state index in [1.54, 1.807) is 13.0 Å². The maximum Gasteiger partial charge on any atom is 0.126 e. The van der Waals surface area contributed by atoms with E-state index in [9.17, 15) is 4.39 Å². The molecule has 106 valence electrons. The molecule has 0 bridgehead atoms. The van der Waals surface area contributed by atoms with Crippen molar-refractivity contribution in [2.75, 3.05) is 0 Å². The molecule has 0 aliphatic heterocycles. The Labute approximate surface area is 122 Å². The van der Waals surface area contributed by atoms with Crippen molar-refractivity contribution in [3.05, 3.63) is 57.0 Å². The van der Waals surface area contributed by atoms with E-state index in [1.807, 2.05) is 23.5 Å². The van der Waals surface area contributed by atoms with E-state index in [0.29, 0.717) is 11.5 Å². The molecule has 3 rings (SSSR count). The minimum Gasteiger partial charge on any atom is -0.271 e. The van der Waals surface area contributed by atoms with Gasteiger partial charge in [-0.3, -0.25) is 11.3 Å². The zero-order valence-electron chi connectivity index (χ0n) is 11.5. The summed E-state index contributed by atoms with van der Waals surface area (Å²) in [4.78, 5) is 1.45. The van der Waals surface area contributed by atoms with Gasteiger partial charge in [-0.25, -0.2) is 4.39 Å². The quantitative estimate of drug-likeness (QED) is 0.666. The lowest BCUT2D eigenvalue weighted by Crippen LogP contribution is -2.33. The molecular formula is C16H19FN2S. The normalized spacial score (nSPS) is 19.6. The lowest BCUT2D eigenvalue weighted by molar-refractivity contribution is 0.409. The van der Waals surface area contributed by atoms with Gasteiger partial charge in [0, 0.05) is 10.8 Å². The molecule has 0 radical (unpaired) electrons. The lowest BCUT2D eigenvalue weighted by Gasteiger charge is -2.30. The Hall–Kier alpha value is -1.23. The number of hydrogen-bond acceptors (Lipinski definition) is 3. The molecule has 1 heterocycles. The zero-order chi connectivity index (χ0) is 14.1. The van der Waals surface area contributed by atoms with E-state index < -0.39 is 0 Å². The number of aryl methyl sites for hydroxylation is 2. The van der Waals surface area contributed by atoms with E-state index in [0.717, 1.165) is 18.4 Å². The van der Waals surface area contributed by atoms with Crippen LogP contribution in [-0.2, 0) is 6.42 Å². The Balaban J connectivity index is 1.97. The number of benzene rings is 1. The van der Waals surface area contributed by atoms with E-state index in [1.165, 1.54) is 16.9 Å². The molecule has 1 aromatic heterocycles. The number of hydrazine groups is 1. The molecule has 3 N–H and O–H groups in total. The molecule has 1 aromatic carbocycles. The second-order valence-electron chi connectivity index (χ2n) is 5.45. The molecule has 2 unspecified atom stereocenters. The van der Waals surface area contributed by atoms with Crippen LogP contribution in [0.25, 0.3) is 0 Å². The minimum absolute atomic E-state index is 0.0289. The molecule has 20 heavy (non-hydrogen) atoms. The Bertz CT molecular complexity index is 608. The summed E-state index contributed by atoms with van der Waals surface area (Å²) in [5.74, 6) is 5.95. The number of rotatable bonds is 3. The monoisotopic (exact) mass is 290 g/mol. The summed E-state index contributed by atoms with van der Waals surface area (Å²) < 4.78 is 13.8. The van der Waals surface area contributed by atoms with Gasteiger partial charge in [0.2, 0.25) is 0 Å². The van der Waals surface area contributed by atoms with Gasteiger partial charge in [-0.05, 0) is 60.4 Å². The number of nitrogens with two attached hydrogens (primary N) is 1. The highest BCUT2D eigenvalue weighted by molar-refractivity contribution is 7.10. The summed E-state index contributed by atoms with van der Waals surface area (Å²) in [5.41, 5.74) is 5.88. The van der Waals surface area contributed by atoms with Crippen LogP contribution in [0.3, 0.4) is 0 Å². The molecule has 2 atom stereocenters. The van der Waals surface area contributed by atoms with Gasteiger partial charge in [0.25, 0.3) is 0 Å². The standard InChI is InChI=1S/C16H19FN2S/c1-10-5-6-11(9-14(10)17)16(19-18)13-3-2-4-15-12(13)7-8-20-15/h5-9,13,16,19H,2-4,18H2,1H3. The van der Waals surface area contributed by atoms with Crippen molar-refractivity contribution in [1.82, 2.24) is 5.43 Å². The first kappa shape index (κ1) is 13.7. The topological polar surface area (TPSA) is 38.0 Å². The molecule has 2 aromatic rings. The average Bonchev–Trinajstić information content (AvgIpc) is 2.93. The van der Waals surface area contributed by atoms with Crippen LogP contribution in [0.4, 0.5) is 4.39 Å². The Kier molecular flexibility index (Phi) is 3.87. The van der Waals surface area contributed by atoms with Crippen LogP contribution in [0.5, 0.6) is 0 Å². The number of thiophene rings is 1. The number of nitrogens with one attached hydrogen (secondary N) is 1. The number of halogens is 1. The van der Waals surface area contributed by atoms with Gasteiger partial charge in [-0.1, -0.05) is 12.1 Å². The van der Waals surface area contributed by atoms with Crippen LogP contribution in [-0.4, -0.2) is 0 Å². The first-order valence-corrected chi connectivity index (χ1v) is 7.87. The van der Waals surface area contributed by atoms with Gasteiger partial charge in [0.1, 0.15) is 5.82 Å². The third-order valence-corrected chi connectivity index (χ3v) is 5.23. The van der Waals surface area contributed by atoms with E-state index in [-0.39, 0.29) is 11.9 Å². The summed E-state index contributed by atoms with van der Waals surface area (Å²) in [6.07, 6.45) is 3.42. The van der Waals surface area contributed by atoms with Crippen molar-refractivity contribution in [2.24, 2.45) is 5.84 Å². The van der Waals surface area contributed by atoms with Crippen LogP contribution >= 0.6 is 11.3 Å². The fourth-order valence-electron chi connectivity index (χ4n) is 3.12. The summed E-state index contributed by atoms with van der Waals surface area (Å²) in [6.45, 7) is 1.78. The smallest absolute Gasteiger partial charge is 0.126 e. The Morgan fingerprint density at radius 2 is 2.25 bits per heavy atom. The lowest BCUT2D eigenvalue weighted by atomic mass is 9.80. The van der Waals surface area contributed by atoms with Crippen LogP contribution in [0, 0.1) is 12.7 Å². The van der Waals surface area contributed by atoms with Crippen LogP contribution < -0.4 is 11.3 Å². The van der Waals surface area contributed by atoms with Crippen molar-refractivity contribution >= 4 is 11.3 Å². The van der Waals surface area contributed by atoms with Crippen molar-refractivity contribution in [2.45, 2.75) is 38.1 Å². The molecule has 1 aliphatic rings. The molecule has 1 aliphatic carbocycles. The fourth-order valence-corrected chi connectivity index (χ4v) is 4.11. The van der Waals surface area contributed by atoms with Gasteiger partial charge in [0.15, 0.2) is 0 Å². The summed E-state index contributed by atoms with van der Waals surface area (Å²) in [7, 11) is 0. The summed E-state index contributed by atoms with van der Waals surface area (Å²) >= 11 is 1.82. The predicted octanol–water partition coefficient (Wildman–Crippen LogP) is 3.82. The highest BCUT2D eigenvalue weighted by Crippen LogP contribution is 2.42. The fraction of sp³-hybridized carbons (Fsp3) is 0.375. The Morgan fingerprint density at radius 3 is 3.00 bits per heavy atom. The van der Waals surface area contributed by atoms with E-state index >= 15 is 0 Å². The second kappa shape index (κ2) is 5.64. The molecule has 4 heteroatoms. The Morgan fingerprint density at radius 1 is 1.40 bits per heavy atom. The minimum atomic E-state index is -0.163. The van der Waals surface area contributed by atoms with Crippen molar-refractivity contribution in [3.63, 3.8) is 0 Å². The number of fused-ring (bicyclic) bond motifs is 1. The van der Waals surface area contributed by atoms with Gasteiger partial charge >= 0.3 is 0 Å². The van der Waals surface area contributed by atoms with Crippen LogP contribution in [0.15, 0.2) is 29.6 Å². The molecular weight excluding hydrogens is 271 g/mol. The van der Waals surface area contributed by atoms with Gasteiger partial charge in [0.05, 0.1) is 6.04 Å². The van der Waals surface area contributed by atoms with E-state index in [2.05, 4.69) is 16.9 Å².